The fourth-order valence-electron chi connectivity index (χ4n) is 3.15. The van der Waals surface area contributed by atoms with Gasteiger partial charge in [-0.15, -0.1) is 0 Å². The lowest BCUT2D eigenvalue weighted by Gasteiger charge is -2.37. The third-order valence-corrected chi connectivity index (χ3v) is 4.95. The fraction of sp³-hybridized carbons (Fsp3) is 0.917. The zero-order valence-electron chi connectivity index (χ0n) is 10.9. The number of nitrogens with one attached hydrogen (secondary N) is 1. The molecule has 0 aromatic heterocycles. The van der Waals surface area contributed by atoms with Gasteiger partial charge in [-0.2, -0.15) is 0 Å². The van der Waals surface area contributed by atoms with Crippen molar-refractivity contribution in [2.75, 3.05) is 25.1 Å². The lowest BCUT2D eigenvalue weighted by Crippen LogP contribution is -2.51. The van der Waals surface area contributed by atoms with Gasteiger partial charge in [0.05, 0.1) is 5.75 Å². The lowest BCUT2D eigenvalue weighted by molar-refractivity contribution is 0.129. The number of carbonyl (C=O) groups is 1. The summed E-state index contributed by atoms with van der Waals surface area (Å²) in [6, 6.07) is 0.298. The predicted octanol–water partition coefficient (Wildman–Crippen LogP) is 1.01. The zero-order valence-corrected chi connectivity index (χ0v) is 11.7. The number of urea groups is 1. The SMILES string of the molecule is CS(=O)(=O)CCNC(=O)N1CCC[C@@H]2CCC[C@@H]21. The average molecular weight is 274 g/mol. The molecular formula is C12H22N2O3S. The Bertz CT molecular complexity index is 408. The third kappa shape index (κ3) is 3.37. The first kappa shape index (κ1) is 13.6. The highest BCUT2D eigenvalue weighted by Crippen LogP contribution is 2.36. The van der Waals surface area contributed by atoms with Gasteiger partial charge in [0.2, 0.25) is 0 Å². The van der Waals surface area contributed by atoms with E-state index in [2.05, 4.69) is 5.32 Å². The minimum atomic E-state index is -3.00. The molecule has 0 aromatic carbocycles. The van der Waals surface area contributed by atoms with E-state index in [0.717, 1.165) is 19.4 Å². The van der Waals surface area contributed by atoms with E-state index in [4.69, 9.17) is 0 Å². The van der Waals surface area contributed by atoms with Crippen LogP contribution in [0.2, 0.25) is 0 Å². The van der Waals surface area contributed by atoms with Crippen molar-refractivity contribution in [2.45, 2.75) is 38.1 Å². The molecule has 0 radical (unpaired) electrons. The molecule has 18 heavy (non-hydrogen) atoms. The first-order chi connectivity index (χ1) is 8.47. The van der Waals surface area contributed by atoms with Gasteiger partial charge in [0.1, 0.15) is 9.84 Å². The van der Waals surface area contributed by atoms with Crippen molar-refractivity contribution in [1.29, 1.82) is 0 Å². The van der Waals surface area contributed by atoms with Gasteiger partial charge < -0.3 is 10.2 Å². The van der Waals surface area contributed by atoms with Crippen LogP contribution in [0.3, 0.4) is 0 Å². The Morgan fingerprint density at radius 3 is 2.72 bits per heavy atom. The van der Waals surface area contributed by atoms with Crippen molar-refractivity contribution in [1.82, 2.24) is 10.2 Å². The number of piperidine rings is 1. The maximum Gasteiger partial charge on any atom is 0.317 e. The monoisotopic (exact) mass is 274 g/mol. The summed E-state index contributed by atoms with van der Waals surface area (Å²) in [5.74, 6) is 0.681. The van der Waals surface area contributed by atoms with E-state index in [1.54, 1.807) is 0 Å². The molecule has 1 aliphatic heterocycles. The number of hydrogen-bond donors (Lipinski definition) is 1. The Hall–Kier alpha value is -0.780. The Kier molecular flexibility index (Phi) is 4.14. The normalized spacial score (nSPS) is 27.9. The van der Waals surface area contributed by atoms with Crippen molar-refractivity contribution in [2.24, 2.45) is 5.92 Å². The van der Waals surface area contributed by atoms with Gasteiger partial charge in [-0.3, -0.25) is 0 Å². The smallest absolute Gasteiger partial charge is 0.317 e. The number of rotatable bonds is 3. The largest absolute Gasteiger partial charge is 0.337 e. The highest BCUT2D eigenvalue weighted by molar-refractivity contribution is 7.90. The van der Waals surface area contributed by atoms with Crippen molar-refractivity contribution in [3.8, 4) is 0 Å². The second-order valence-corrected chi connectivity index (χ2v) is 7.72. The molecule has 0 spiro atoms. The van der Waals surface area contributed by atoms with E-state index in [9.17, 15) is 13.2 Å². The molecule has 1 saturated heterocycles. The van der Waals surface area contributed by atoms with Crippen LogP contribution in [0, 0.1) is 5.92 Å². The minimum Gasteiger partial charge on any atom is -0.337 e. The summed E-state index contributed by atoms with van der Waals surface area (Å²) >= 11 is 0. The topological polar surface area (TPSA) is 66.5 Å². The summed E-state index contributed by atoms with van der Waals surface area (Å²) in [5.41, 5.74) is 0. The van der Waals surface area contributed by atoms with Crippen molar-refractivity contribution in [3.05, 3.63) is 0 Å². The number of likely N-dealkylation sites (tertiary alicyclic amines) is 1. The molecule has 2 amide bonds. The molecule has 0 aromatic rings. The second kappa shape index (κ2) is 5.47. The first-order valence-corrected chi connectivity index (χ1v) is 8.75. The van der Waals surface area contributed by atoms with Crippen LogP contribution >= 0.6 is 0 Å². The third-order valence-electron chi connectivity index (χ3n) is 4.00. The number of amides is 2. The van der Waals surface area contributed by atoms with Crippen molar-refractivity contribution in [3.63, 3.8) is 0 Å². The Morgan fingerprint density at radius 1 is 1.28 bits per heavy atom. The van der Waals surface area contributed by atoms with Crippen LogP contribution in [-0.4, -0.2) is 50.5 Å². The van der Waals surface area contributed by atoms with Gasteiger partial charge in [-0.05, 0) is 31.6 Å². The van der Waals surface area contributed by atoms with Gasteiger partial charge in [-0.1, -0.05) is 6.42 Å². The summed E-state index contributed by atoms with van der Waals surface area (Å²) in [4.78, 5) is 14.0. The number of fused-ring (bicyclic) bond motifs is 1. The van der Waals surface area contributed by atoms with Crippen LogP contribution in [0.1, 0.15) is 32.1 Å². The standard InChI is InChI=1S/C12H22N2O3S/c1-18(16,17)9-7-13-12(15)14-8-3-5-10-4-2-6-11(10)14/h10-11H,2-9H2,1H3,(H,13,15)/t10-,11-/m0/s1. The average Bonchev–Trinajstić information content (AvgIpc) is 2.74. The molecule has 1 aliphatic carbocycles. The number of hydrogen-bond acceptors (Lipinski definition) is 3. The fourth-order valence-corrected chi connectivity index (χ4v) is 3.62. The van der Waals surface area contributed by atoms with E-state index >= 15 is 0 Å². The maximum atomic E-state index is 12.0. The molecule has 2 aliphatic rings. The number of nitrogens with zero attached hydrogens (tertiary/aromatic N) is 1. The van der Waals surface area contributed by atoms with E-state index < -0.39 is 9.84 Å². The Labute approximate surface area is 109 Å². The van der Waals surface area contributed by atoms with Crippen LogP contribution in [-0.2, 0) is 9.84 Å². The van der Waals surface area contributed by atoms with Crippen LogP contribution < -0.4 is 5.32 Å². The zero-order chi connectivity index (χ0) is 13.2. The number of carbonyl (C=O) groups excluding carboxylic acids is 1. The molecule has 2 fully saturated rings. The molecule has 2 atom stereocenters. The quantitative estimate of drug-likeness (QED) is 0.835. The molecule has 5 nitrogen and oxygen atoms in total. The molecule has 1 heterocycles. The number of sulfone groups is 1. The summed E-state index contributed by atoms with van der Waals surface area (Å²) in [7, 11) is -3.00. The highest BCUT2D eigenvalue weighted by Gasteiger charge is 2.37. The van der Waals surface area contributed by atoms with Crippen LogP contribution in [0.4, 0.5) is 4.79 Å². The summed E-state index contributed by atoms with van der Waals surface area (Å²) in [5, 5.41) is 2.73. The molecule has 104 valence electrons. The Balaban J connectivity index is 1.84. The van der Waals surface area contributed by atoms with Crippen molar-refractivity contribution < 1.29 is 13.2 Å². The molecule has 6 heteroatoms. The van der Waals surface area contributed by atoms with Gasteiger partial charge >= 0.3 is 6.03 Å². The van der Waals surface area contributed by atoms with Gasteiger partial charge in [-0.25, -0.2) is 13.2 Å². The van der Waals surface area contributed by atoms with E-state index in [-0.39, 0.29) is 18.3 Å². The molecule has 1 N–H and O–H groups in total. The van der Waals surface area contributed by atoms with Crippen LogP contribution in [0.25, 0.3) is 0 Å². The second-order valence-electron chi connectivity index (χ2n) is 5.46. The Morgan fingerprint density at radius 2 is 2.00 bits per heavy atom. The predicted molar refractivity (Wildman–Crippen MR) is 70.2 cm³/mol. The van der Waals surface area contributed by atoms with E-state index in [0.29, 0.717) is 12.0 Å². The summed E-state index contributed by atoms with van der Waals surface area (Å²) in [6.07, 6.45) is 7.04. The van der Waals surface area contributed by atoms with Gasteiger partial charge in [0.15, 0.2) is 0 Å². The molecule has 0 unspecified atom stereocenters. The lowest BCUT2D eigenvalue weighted by atomic mass is 9.92. The van der Waals surface area contributed by atoms with E-state index in [1.165, 1.54) is 25.5 Å². The van der Waals surface area contributed by atoms with Crippen LogP contribution in [0.5, 0.6) is 0 Å². The van der Waals surface area contributed by atoms with Gasteiger partial charge in [0.25, 0.3) is 0 Å². The minimum absolute atomic E-state index is 0.0146. The molecular weight excluding hydrogens is 252 g/mol. The van der Waals surface area contributed by atoms with Gasteiger partial charge in [0, 0.05) is 25.4 Å². The van der Waals surface area contributed by atoms with Crippen LogP contribution in [0.15, 0.2) is 0 Å². The van der Waals surface area contributed by atoms with Crippen molar-refractivity contribution >= 4 is 15.9 Å². The molecule has 2 rings (SSSR count). The highest BCUT2D eigenvalue weighted by atomic mass is 32.2. The first-order valence-electron chi connectivity index (χ1n) is 6.69. The van der Waals surface area contributed by atoms with E-state index in [1.807, 2.05) is 4.90 Å². The summed E-state index contributed by atoms with van der Waals surface area (Å²) < 4.78 is 22.0. The molecule has 1 saturated carbocycles. The maximum absolute atomic E-state index is 12.0. The summed E-state index contributed by atoms with van der Waals surface area (Å²) in [6.45, 7) is 1.03. The molecule has 0 bridgehead atoms.